The van der Waals surface area contributed by atoms with E-state index in [1.807, 2.05) is 0 Å². The van der Waals surface area contributed by atoms with E-state index in [-0.39, 0.29) is 24.2 Å². The SMILES string of the molecule is O=C(Cc1cccc(C(F)(F)F)c1)N/N=C\c1ccc(OCc2ccc(C(=O)O)cc2)cc1. The average molecular weight is 456 g/mol. The zero-order chi connectivity index (χ0) is 23.8. The van der Waals surface area contributed by atoms with Crippen molar-refractivity contribution in [1.29, 1.82) is 0 Å². The van der Waals surface area contributed by atoms with Crippen molar-refractivity contribution in [1.82, 2.24) is 5.43 Å². The summed E-state index contributed by atoms with van der Waals surface area (Å²) in [7, 11) is 0. The maximum absolute atomic E-state index is 12.7. The van der Waals surface area contributed by atoms with Crippen LogP contribution < -0.4 is 10.2 Å². The normalized spacial score (nSPS) is 11.4. The summed E-state index contributed by atoms with van der Waals surface area (Å²) in [5.41, 5.74) is 3.40. The average Bonchev–Trinajstić information content (AvgIpc) is 2.78. The number of aromatic carboxylic acids is 1. The summed E-state index contributed by atoms with van der Waals surface area (Å²) in [6.45, 7) is 0.263. The van der Waals surface area contributed by atoms with E-state index in [1.54, 1.807) is 36.4 Å². The molecule has 0 bridgehead atoms. The van der Waals surface area contributed by atoms with Gasteiger partial charge in [-0.1, -0.05) is 30.3 Å². The molecule has 0 saturated carbocycles. The minimum absolute atomic E-state index is 0.198. The Morgan fingerprint density at radius 2 is 1.67 bits per heavy atom. The van der Waals surface area contributed by atoms with Crippen molar-refractivity contribution >= 4 is 18.1 Å². The van der Waals surface area contributed by atoms with Crippen molar-refractivity contribution < 1.29 is 32.6 Å². The van der Waals surface area contributed by atoms with Crippen molar-refractivity contribution in [3.63, 3.8) is 0 Å². The maximum atomic E-state index is 12.7. The van der Waals surface area contributed by atoms with Crippen LogP contribution in [-0.4, -0.2) is 23.2 Å². The number of hydrogen-bond acceptors (Lipinski definition) is 4. The third kappa shape index (κ3) is 7.20. The Morgan fingerprint density at radius 3 is 2.30 bits per heavy atom. The molecule has 1 amide bonds. The number of nitrogens with zero attached hydrogens (tertiary/aromatic N) is 1. The first-order chi connectivity index (χ1) is 15.7. The number of halogens is 3. The highest BCUT2D eigenvalue weighted by Gasteiger charge is 2.30. The number of nitrogens with one attached hydrogen (secondary N) is 1. The lowest BCUT2D eigenvalue weighted by Gasteiger charge is -2.08. The molecule has 2 N–H and O–H groups in total. The van der Waals surface area contributed by atoms with E-state index < -0.39 is 23.6 Å². The first-order valence-electron chi connectivity index (χ1n) is 9.74. The molecule has 0 atom stereocenters. The fraction of sp³-hybridized carbons (Fsp3) is 0.125. The van der Waals surface area contributed by atoms with Gasteiger partial charge in [-0.25, -0.2) is 10.2 Å². The Hall–Kier alpha value is -4.14. The molecule has 0 saturated heterocycles. The lowest BCUT2D eigenvalue weighted by molar-refractivity contribution is -0.137. The molecule has 3 aromatic rings. The molecule has 0 fully saturated rings. The highest BCUT2D eigenvalue weighted by atomic mass is 19.4. The van der Waals surface area contributed by atoms with Gasteiger partial charge >= 0.3 is 12.1 Å². The van der Waals surface area contributed by atoms with E-state index >= 15 is 0 Å². The summed E-state index contributed by atoms with van der Waals surface area (Å²) >= 11 is 0. The molecule has 3 rings (SSSR count). The molecule has 3 aromatic carbocycles. The number of carboxylic acid groups (broad SMARTS) is 1. The Labute approximate surface area is 187 Å². The van der Waals surface area contributed by atoms with E-state index in [0.717, 1.165) is 17.7 Å². The second kappa shape index (κ2) is 10.4. The Bertz CT molecular complexity index is 1140. The second-order valence-electron chi connectivity index (χ2n) is 7.03. The molecule has 0 spiro atoms. The molecule has 170 valence electrons. The van der Waals surface area contributed by atoms with Gasteiger partial charge in [0.25, 0.3) is 0 Å². The Balaban J connectivity index is 1.48. The second-order valence-corrected chi connectivity index (χ2v) is 7.03. The summed E-state index contributed by atoms with van der Waals surface area (Å²) in [5.74, 6) is -0.950. The molecule has 0 aliphatic rings. The number of amides is 1. The lowest BCUT2D eigenvalue weighted by Crippen LogP contribution is -2.20. The van der Waals surface area contributed by atoms with Crippen LogP contribution in [0.3, 0.4) is 0 Å². The highest BCUT2D eigenvalue weighted by molar-refractivity contribution is 5.87. The molecule has 0 aromatic heterocycles. The summed E-state index contributed by atoms with van der Waals surface area (Å²) < 4.78 is 43.9. The van der Waals surface area contributed by atoms with E-state index in [9.17, 15) is 22.8 Å². The predicted molar refractivity (Wildman–Crippen MR) is 115 cm³/mol. The van der Waals surface area contributed by atoms with Crippen LogP contribution in [0.5, 0.6) is 5.75 Å². The number of alkyl halides is 3. The summed E-state index contributed by atoms with van der Waals surface area (Å²) in [4.78, 5) is 22.8. The topological polar surface area (TPSA) is 88.0 Å². The van der Waals surface area contributed by atoms with Crippen molar-refractivity contribution in [2.75, 3.05) is 0 Å². The van der Waals surface area contributed by atoms with Crippen molar-refractivity contribution in [3.05, 3.63) is 101 Å². The largest absolute Gasteiger partial charge is 0.489 e. The highest BCUT2D eigenvalue weighted by Crippen LogP contribution is 2.29. The predicted octanol–water partition coefficient (Wildman–Crippen LogP) is 4.68. The molecular formula is C24H19F3N2O4. The van der Waals surface area contributed by atoms with Gasteiger partial charge in [0.2, 0.25) is 5.91 Å². The lowest BCUT2D eigenvalue weighted by atomic mass is 10.1. The fourth-order valence-electron chi connectivity index (χ4n) is 2.82. The van der Waals surface area contributed by atoms with Crippen molar-refractivity contribution in [3.8, 4) is 5.75 Å². The number of ether oxygens (including phenoxy) is 1. The number of hydrazone groups is 1. The van der Waals surface area contributed by atoms with Crippen LogP contribution in [0.15, 0.2) is 77.9 Å². The summed E-state index contributed by atoms with van der Waals surface area (Å²) in [6.07, 6.45) is -3.30. The molecule has 0 radical (unpaired) electrons. The molecule has 0 aliphatic carbocycles. The number of carbonyl (C=O) groups is 2. The summed E-state index contributed by atoms with van der Waals surface area (Å²) in [5, 5.41) is 12.7. The van der Waals surface area contributed by atoms with Gasteiger partial charge in [-0.2, -0.15) is 18.3 Å². The van der Waals surface area contributed by atoms with Crippen molar-refractivity contribution in [2.24, 2.45) is 5.10 Å². The van der Waals surface area contributed by atoms with Gasteiger partial charge in [-0.3, -0.25) is 4.79 Å². The monoisotopic (exact) mass is 456 g/mol. The van der Waals surface area contributed by atoms with Crippen LogP contribution in [0.2, 0.25) is 0 Å². The van der Waals surface area contributed by atoms with Crippen LogP contribution in [0.25, 0.3) is 0 Å². The number of benzene rings is 3. The van der Waals surface area contributed by atoms with Crippen LogP contribution in [0.4, 0.5) is 13.2 Å². The quantitative estimate of drug-likeness (QED) is 0.381. The maximum Gasteiger partial charge on any atom is 0.416 e. The van der Waals surface area contributed by atoms with Gasteiger partial charge in [-0.15, -0.1) is 0 Å². The fourth-order valence-corrected chi connectivity index (χ4v) is 2.82. The minimum Gasteiger partial charge on any atom is -0.489 e. The number of rotatable bonds is 8. The zero-order valence-electron chi connectivity index (χ0n) is 17.2. The van der Waals surface area contributed by atoms with Gasteiger partial charge in [0.05, 0.1) is 23.8 Å². The van der Waals surface area contributed by atoms with Crippen molar-refractivity contribution in [2.45, 2.75) is 19.2 Å². The standard InChI is InChI=1S/C24H19F3N2O4/c25-24(26,27)20-3-1-2-18(12-20)13-22(30)29-28-14-16-6-10-21(11-7-16)33-15-17-4-8-19(9-5-17)23(31)32/h1-12,14H,13,15H2,(H,29,30)(H,31,32)/b28-14-. The van der Waals surface area contributed by atoms with Gasteiger partial charge in [-0.05, 0) is 59.2 Å². The Morgan fingerprint density at radius 1 is 0.970 bits per heavy atom. The first kappa shape index (κ1) is 23.5. The van der Waals surface area contributed by atoms with E-state index in [2.05, 4.69) is 10.5 Å². The van der Waals surface area contributed by atoms with E-state index in [4.69, 9.17) is 9.84 Å². The Kier molecular flexibility index (Phi) is 7.45. The molecule has 0 heterocycles. The van der Waals surface area contributed by atoms with Crippen LogP contribution in [0, 0.1) is 0 Å². The number of carbonyl (C=O) groups excluding carboxylic acids is 1. The van der Waals surface area contributed by atoms with Gasteiger partial charge in [0.1, 0.15) is 12.4 Å². The zero-order valence-corrected chi connectivity index (χ0v) is 17.2. The molecule has 0 aliphatic heterocycles. The van der Waals surface area contributed by atoms with Crippen LogP contribution >= 0.6 is 0 Å². The van der Waals surface area contributed by atoms with E-state index in [0.29, 0.717) is 11.3 Å². The molecular weight excluding hydrogens is 437 g/mol. The molecule has 0 unspecified atom stereocenters. The molecule has 33 heavy (non-hydrogen) atoms. The molecule has 9 heteroatoms. The number of carboxylic acids is 1. The van der Waals surface area contributed by atoms with Gasteiger partial charge in [0, 0.05) is 0 Å². The third-order valence-corrected chi connectivity index (χ3v) is 4.51. The first-order valence-corrected chi connectivity index (χ1v) is 9.74. The van der Waals surface area contributed by atoms with E-state index in [1.165, 1.54) is 30.5 Å². The summed E-state index contributed by atoms with van der Waals surface area (Å²) in [6, 6.07) is 17.8. The number of hydrogen-bond donors (Lipinski definition) is 2. The van der Waals surface area contributed by atoms with Gasteiger partial charge in [0.15, 0.2) is 0 Å². The third-order valence-electron chi connectivity index (χ3n) is 4.51. The van der Waals surface area contributed by atoms with Gasteiger partial charge < -0.3 is 9.84 Å². The minimum atomic E-state index is -4.47. The smallest absolute Gasteiger partial charge is 0.416 e. The van der Waals surface area contributed by atoms with Crippen LogP contribution in [-0.2, 0) is 24.0 Å². The van der Waals surface area contributed by atoms with Crippen LogP contribution in [0.1, 0.15) is 32.6 Å². The molecule has 6 nitrogen and oxygen atoms in total.